The number of ether oxygens (including phenoxy) is 2. The number of hydrogen-bond donors (Lipinski definition) is 1. The van der Waals surface area contributed by atoms with Crippen LogP contribution in [0.1, 0.15) is 43.8 Å². The molecule has 1 aliphatic rings. The maximum absolute atomic E-state index is 6.10. The molecule has 4 heterocycles. The summed E-state index contributed by atoms with van der Waals surface area (Å²) in [6, 6.07) is 2.28. The molecule has 0 aliphatic carbocycles. The van der Waals surface area contributed by atoms with Crippen molar-refractivity contribution >= 4 is 17.0 Å². The summed E-state index contributed by atoms with van der Waals surface area (Å²) in [4.78, 5) is 4.76. The summed E-state index contributed by atoms with van der Waals surface area (Å²) in [5.41, 5.74) is 4.37. The number of fused-ring (bicyclic) bond motifs is 1. The largest absolute Gasteiger partial charge is 0.476 e. The van der Waals surface area contributed by atoms with E-state index in [1.807, 2.05) is 31.9 Å². The quantitative estimate of drug-likeness (QED) is 0.643. The highest BCUT2D eigenvalue weighted by molar-refractivity contribution is 5.90. The Morgan fingerprint density at radius 2 is 2.23 bits per heavy atom. The first-order valence-corrected chi connectivity index (χ1v) is 10.5. The lowest BCUT2D eigenvalue weighted by Crippen LogP contribution is -2.28. The van der Waals surface area contributed by atoms with Crippen LogP contribution in [-0.4, -0.2) is 50.8 Å². The summed E-state index contributed by atoms with van der Waals surface area (Å²) in [6.07, 6.45) is 6.80. The molecular weight excluding hydrogens is 380 g/mol. The van der Waals surface area contributed by atoms with E-state index in [1.54, 1.807) is 10.8 Å². The molecule has 8 heteroatoms. The van der Waals surface area contributed by atoms with Crippen molar-refractivity contribution < 1.29 is 9.47 Å². The molecule has 8 nitrogen and oxygen atoms in total. The second kappa shape index (κ2) is 8.57. The van der Waals surface area contributed by atoms with Crippen molar-refractivity contribution in [3.63, 3.8) is 0 Å². The van der Waals surface area contributed by atoms with Crippen LogP contribution in [0.5, 0.6) is 5.88 Å². The molecule has 0 amide bonds. The Morgan fingerprint density at radius 3 is 2.93 bits per heavy atom. The number of aromatic nitrogens is 5. The van der Waals surface area contributed by atoms with E-state index >= 15 is 0 Å². The molecule has 0 bridgehead atoms. The Morgan fingerprint density at radius 1 is 1.40 bits per heavy atom. The minimum atomic E-state index is -0.0512. The molecule has 160 valence electrons. The van der Waals surface area contributed by atoms with E-state index in [1.165, 1.54) is 0 Å². The van der Waals surface area contributed by atoms with Crippen LogP contribution in [0.25, 0.3) is 28.2 Å². The topological polar surface area (TPSA) is 79.0 Å². The molecule has 1 saturated heterocycles. The van der Waals surface area contributed by atoms with Gasteiger partial charge in [-0.1, -0.05) is 6.58 Å². The Bertz CT molecular complexity index is 1050. The van der Waals surface area contributed by atoms with Crippen molar-refractivity contribution in [1.82, 2.24) is 29.9 Å². The summed E-state index contributed by atoms with van der Waals surface area (Å²) in [6.45, 7) is 9.31. The molecule has 2 atom stereocenters. The molecule has 1 aliphatic heterocycles. The lowest BCUT2D eigenvalue weighted by Gasteiger charge is -2.23. The van der Waals surface area contributed by atoms with Gasteiger partial charge >= 0.3 is 0 Å². The van der Waals surface area contributed by atoms with Gasteiger partial charge in [0, 0.05) is 25.1 Å². The third-order valence-corrected chi connectivity index (χ3v) is 5.63. The molecule has 3 aromatic heterocycles. The molecular formula is C22H30N6O2. The SMILES string of the molecule is C=Cc1nn(C2CCCCO2)c2cnc(-c3c(C)nn(C)c3OC[C@H](C)NC)cc12. The molecule has 4 rings (SSSR count). The van der Waals surface area contributed by atoms with Crippen LogP contribution >= 0.6 is 0 Å². The minimum absolute atomic E-state index is 0.0512. The fraction of sp³-hybridized carbons (Fsp3) is 0.500. The highest BCUT2D eigenvalue weighted by atomic mass is 16.5. The summed E-state index contributed by atoms with van der Waals surface area (Å²) in [5, 5.41) is 13.5. The van der Waals surface area contributed by atoms with Gasteiger partial charge in [0.05, 0.1) is 34.4 Å². The highest BCUT2D eigenvalue weighted by Gasteiger charge is 2.23. The second-order valence-electron chi connectivity index (χ2n) is 7.83. The molecule has 30 heavy (non-hydrogen) atoms. The Labute approximate surface area is 176 Å². The van der Waals surface area contributed by atoms with E-state index in [0.29, 0.717) is 12.5 Å². The number of likely N-dealkylation sites (N-methyl/N-ethyl adjacent to an activating group) is 1. The number of nitrogens with zero attached hydrogens (tertiary/aromatic N) is 5. The Hall–Kier alpha value is -2.71. The standard InChI is InChI=1S/C22H30N6O2/c1-6-17-16-11-18(21-15(3)25-27(5)22(21)30-13-14(2)23-4)24-12-19(16)28(26-17)20-9-7-8-10-29-20/h6,11-12,14,20,23H,1,7-10,13H2,2-5H3/t14-,20?/m0/s1. The monoisotopic (exact) mass is 410 g/mol. The highest BCUT2D eigenvalue weighted by Crippen LogP contribution is 2.35. The fourth-order valence-corrected chi connectivity index (χ4v) is 3.87. The van der Waals surface area contributed by atoms with E-state index in [0.717, 1.165) is 59.4 Å². The van der Waals surface area contributed by atoms with Gasteiger partial charge in [-0.2, -0.15) is 10.2 Å². The van der Waals surface area contributed by atoms with Crippen LogP contribution in [0, 0.1) is 6.92 Å². The molecule has 1 unspecified atom stereocenters. The van der Waals surface area contributed by atoms with Gasteiger partial charge in [0.1, 0.15) is 6.61 Å². The Balaban J connectivity index is 1.76. The van der Waals surface area contributed by atoms with E-state index in [4.69, 9.17) is 19.6 Å². The van der Waals surface area contributed by atoms with Gasteiger partial charge in [-0.05, 0) is 52.3 Å². The third kappa shape index (κ3) is 3.73. The van der Waals surface area contributed by atoms with Crippen molar-refractivity contribution in [2.24, 2.45) is 7.05 Å². The van der Waals surface area contributed by atoms with E-state index < -0.39 is 0 Å². The van der Waals surface area contributed by atoms with Gasteiger partial charge in [0.2, 0.25) is 5.88 Å². The van der Waals surface area contributed by atoms with Gasteiger partial charge in [-0.25, -0.2) is 9.36 Å². The smallest absolute Gasteiger partial charge is 0.221 e. The maximum atomic E-state index is 6.10. The van der Waals surface area contributed by atoms with Crippen LogP contribution in [0.2, 0.25) is 0 Å². The van der Waals surface area contributed by atoms with Crippen molar-refractivity contribution in [1.29, 1.82) is 0 Å². The summed E-state index contributed by atoms with van der Waals surface area (Å²) in [7, 11) is 3.81. The van der Waals surface area contributed by atoms with Gasteiger partial charge in [-0.15, -0.1) is 0 Å². The third-order valence-electron chi connectivity index (χ3n) is 5.63. The van der Waals surface area contributed by atoms with E-state index in [9.17, 15) is 0 Å². The molecule has 0 spiro atoms. The number of nitrogens with one attached hydrogen (secondary N) is 1. The van der Waals surface area contributed by atoms with Crippen LogP contribution < -0.4 is 10.1 Å². The first kappa shape index (κ1) is 20.6. The van der Waals surface area contributed by atoms with Crippen LogP contribution in [-0.2, 0) is 11.8 Å². The molecule has 0 saturated carbocycles. The fourth-order valence-electron chi connectivity index (χ4n) is 3.87. The first-order valence-electron chi connectivity index (χ1n) is 10.5. The van der Waals surface area contributed by atoms with Crippen LogP contribution in [0.15, 0.2) is 18.8 Å². The summed E-state index contributed by atoms with van der Waals surface area (Å²) in [5.74, 6) is 0.713. The number of hydrogen-bond acceptors (Lipinski definition) is 6. The molecule has 0 aromatic carbocycles. The van der Waals surface area contributed by atoms with E-state index in [-0.39, 0.29) is 12.3 Å². The predicted octanol–water partition coefficient (Wildman–Crippen LogP) is 3.47. The predicted molar refractivity (Wildman–Crippen MR) is 117 cm³/mol. The number of pyridine rings is 1. The van der Waals surface area contributed by atoms with Crippen molar-refractivity contribution in [3.05, 3.63) is 30.2 Å². The van der Waals surface area contributed by atoms with Crippen LogP contribution in [0.4, 0.5) is 0 Å². The van der Waals surface area contributed by atoms with Crippen molar-refractivity contribution in [3.8, 4) is 17.1 Å². The van der Waals surface area contributed by atoms with Crippen molar-refractivity contribution in [2.45, 2.75) is 45.4 Å². The average molecular weight is 411 g/mol. The van der Waals surface area contributed by atoms with Crippen LogP contribution in [0.3, 0.4) is 0 Å². The molecule has 1 fully saturated rings. The average Bonchev–Trinajstić information content (AvgIpc) is 3.28. The van der Waals surface area contributed by atoms with Gasteiger partial charge in [-0.3, -0.25) is 4.98 Å². The normalized spacial score (nSPS) is 17.9. The first-order chi connectivity index (χ1) is 14.5. The summed E-state index contributed by atoms with van der Waals surface area (Å²) >= 11 is 0. The minimum Gasteiger partial charge on any atom is -0.476 e. The summed E-state index contributed by atoms with van der Waals surface area (Å²) < 4.78 is 15.8. The lowest BCUT2D eigenvalue weighted by molar-refractivity contribution is -0.0367. The number of rotatable bonds is 7. The number of aryl methyl sites for hydroxylation is 2. The zero-order valence-electron chi connectivity index (χ0n) is 18.2. The zero-order valence-corrected chi connectivity index (χ0v) is 18.2. The lowest BCUT2D eigenvalue weighted by atomic mass is 10.1. The zero-order chi connectivity index (χ0) is 21.3. The second-order valence-corrected chi connectivity index (χ2v) is 7.83. The molecule has 0 radical (unpaired) electrons. The molecule has 3 aromatic rings. The van der Waals surface area contributed by atoms with Gasteiger partial charge in [0.15, 0.2) is 6.23 Å². The Kier molecular flexibility index (Phi) is 5.87. The van der Waals surface area contributed by atoms with Crippen molar-refractivity contribution in [2.75, 3.05) is 20.3 Å². The maximum Gasteiger partial charge on any atom is 0.221 e. The van der Waals surface area contributed by atoms with Gasteiger partial charge < -0.3 is 14.8 Å². The van der Waals surface area contributed by atoms with E-state index in [2.05, 4.69) is 30.0 Å². The molecule has 1 N–H and O–H groups in total. The van der Waals surface area contributed by atoms with Gasteiger partial charge in [0.25, 0.3) is 0 Å².